The molecule has 0 saturated heterocycles. The predicted molar refractivity (Wildman–Crippen MR) is 76.8 cm³/mol. The quantitative estimate of drug-likeness (QED) is 0.569. The topological polar surface area (TPSA) is 6.48 Å². The second-order valence-electron chi connectivity index (χ2n) is 5.55. The molecular formula is C13H31GaN2. The second-order valence-corrected chi connectivity index (χ2v) is 12.8. The fourth-order valence-corrected chi connectivity index (χ4v) is 8.95. The van der Waals surface area contributed by atoms with Crippen LogP contribution in [-0.2, 0) is 0 Å². The molecule has 2 nitrogen and oxygen atoms in total. The van der Waals surface area contributed by atoms with Crippen molar-refractivity contribution in [2.24, 2.45) is 0 Å². The van der Waals surface area contributed by atoms with Crippen molar-refractivity contribution in [3.63, 3.8) is 0 Å². The standard InChI is InChI=1S/2C5H12N.C3H7.Ga/c2*1-4-5-6(2)3;1-3-2;/h2*1,4-5H2,2-3H3;1,3H2,2H3;. The Bertz CT molecular complexity index is 135. The summed E-state index contributed by atoms with van der Waals surface area (Å²) in [7, 11) is 8.75. The van der Waals surface area contributed by atoms with E-state index in [-0.39, 0.29) is 0 Å². The molecule has 0 N–H and O–H groups in total. The van der Waals surface area contributed by atoms with Crippen LogP contribution in [0.3, 0.4) is 0 Å². The van der Waals surface area contributed by atoms with E-state index >= 15 is 0 Å². The first-order valence-corrected chi connectivity index (χ1v) is 12.0. The van der Waals surface area contributed by atoms with Crippen molar-refractivity contribution in [2.45, 2.75) is 41.1 Å². The summed E-state index contributed by atoms with van der Waals surface area (Å²) in [6.45, 7) is 4.94. The van der Waals surface area contributed by atoms with Gasteiger partial charge in [0, 0.05) is 0 Å². The number of rotatable bonds is 10. The molecule has 96 valence electrons. The van der Waals surface area contributed by atoms with E-state index in [2.05, 4.69) is 44.9 Å². The summed E-state index contributed by atoms with van der Waals surface area (Å²) in [4.78, 5) is 9.46. The van der Waals surface area contributed by atoms with Gasteiger partial charge in [-0.15, -0.1) is 0 Å². The van der Waals surface area contributed by atoms with Crippen LogP contribution in [0.25, 0.3) is 0 Å². The molecule has 0 heterocycles. The van der Waals surface area contributed by atoms with Crippen molar-refractivity contribution in [3.05, 3.63) is 0 Å². The van der Waals surface area contributed by atoms with E-state index < -0.39 is 16.2 Å². The van der Waals surface area contributed by atoms with Gasteiger partial charge in [0.2, 0.25) is 0 Å². The summed E-state index contributed by atoms with van der Waals surface area (Å²) in [6.07, 6.45) is 4.31. The normalized spacial score (nSPS) is 11.4. The third-order valence-electron chi connectivity index (χ3n) is 3.13. The molecule has 0 rings (SSSR count). The average Bonchev–Trinajstić information content (AvgIpc) is 2.16. The van der Waals surface area contributed by atoms with E-state index in [1.54, 1.807) is 14.9 Å². The van der Waals surface area contributed by atoms with E-state index in [1.807, 2.05) is 0 Å². The summed E-state index contributed by atoms with van der Waals surface area (Å²) in [5.74, 6) is 0. The second kappa shape index (κ2) is 10.7. The van der Waals surface area contributed by atoms with Gasteiger partial charge >= 0.3 is 108 Å². The molecule has 0 aliphatic heterocycles. The van der Waals surface area contributed by atoms with Crippen LogP contribution >= 0.6 is 0 Å². The summed E-state index contributed by atoms with van der Waals surface area (Å²) in [6, 6.07) is 0. The summed E-state index contributed by atoms with van der Waals surface area (Å²) in [5, 5.41) is 0. The molecule has 0 atom stereocenters. The molecule has 3 heteroatoms. The Morgan fingerprint density at radius 2 is 1.19 bits per heavy atom. The maximum atomic E-state index is 2.36. The predicted octanol–water partition coefficient (Wildman–Crippen LogP) is 2.79. The van der Waals surface area contributed by atoms with Crippen molar-refractivity contribution >= 4 is 16.2 Å². The summed E-state index contributed by atoms with van der Waals surface area (Å²) in [5.41, 5.74) is 0. The van der Waals surface area contributed by atoms with Crippen molar-refractivity contribution in [1.82, 2.24) is 9.80 Å². The van der Waals surface area contributed by atoms with Gasteiger partial charge in [0.15, 0.2) is 0 Å². The van der Waals surface area contributed by atoms with Crippen LogP contribution < -0.4 is 0 Å². The van der Waals surface area contributed by atoms with Gasteiger partial charge in [-0.05, 0) is 0 Å². The molecule has 0 fully saturated rings. The molecule has 0 aromatic rings. The van der Waals surface area contributed by atoms with E-state index in [0.717, 1.165) is 0 Å². The zero-order valence-corrected chi connectivity index (χ0v) is 14.6. The molecule has 0 amide bonds. The van der Waals surface area contributed by atoms with Gasteiger partial charge in [0.25, 0.3) is 0 Å². The molecule has 0 bridgehead atoms. The van der Waals surface area contributed by atoms with Crippen molar-refractivity contribution in [3.8, 4) is 0 Å². The van der Waals surface area contributed by atoms with Gasteiger partial charge < -0.3 is 0 Å². The van der Waals surface area contributed by atoms with Crippen LogP contribution in [0.4, 0.5) is 0 Å². The maximum absolute atomic E-state index is 2.36. The monoisotopic (exact) mass is 284 g/mol. The van der Waals surface area contributed by atoms with Gasteiger partial charge in [-0.25, -0.2) is 0 Å². The molecule has 0 radical (unpaired) electrons. The SMILES string of the molecule is CC[CH2][Ga]([CH2]CCN(C)C)[CH2]CCN(C)C. The number of hydrogen-bond donors (Lipinski definition) is 0. The fourth-order valence-electron chi connectivity index (χ4n) is 2.23. The number of hydrogen-bond acceptors (Lipinski definition) is 2. The Morgan fingerprint density at radius 1 is 0.750 bits per heavy atom. The van der Waals surface area contributed by atoms with Gasteiger partial charge in [-0.1, -0.05) is 0 Å². The van der Waals surface area contributed by atoms with Crippen molar-refractivity contribution in [1.29, 1.82) is 0 Å². The first-order chi connectivity index (χ1) is 7.56. The van der Waals surface area contributed by atoms with Crippen LogP contribution in [0.2, 0.25) is 14.9 Å². The summed E-state index contributed by atoms with van der Waals surface area (Å²) < 4.78 is 0. The Hall–Kier alpha value is 0.556. The van der Waals surface area contributed by atoms with Gasteiger partial charge in [0.05, 0.1) is 0 Å². The molecular weight excluding hydrogens is 254 g/mol. The Morgan fingerprint density at radius 3 is 1.50 bits per heavy atom. The van der Waals surface area contributed by atoms with E-state index in [0.29, 0.717) is 0 Å². The first-order valence-electron chi connectivity index (χ1n) is 6.85. The molecule has 0 spiro atoms. The van der Waals surface area contributed by atoms with Crippen LogP contribution in [0, 0.1) is 0 Å². The first kappa shape index (κ1) is 16.6. The molecule has 0 aromatic heterocycles. The van der Waals surface area contributed by atoms with Crippen LogP contribution in [0.5, 0.6) is 0 Å². The van der Waals surface area contributed by atoms with Crippen molar-refractivity contribution in [2.75, 3.05) is 41.3 Å². The van der Waals surface area contributed by atoms with Gasteiger partial charge in [-0.3, -0.25) is 0 Å². The van der Waals surface area contributed by atoms with Crippen LogP contribution in [-0.4, -0.2) is 67.3 Å². The fraction of sp³-hybridized carbons (Fsp3) is 1.00. The number of nitrogens with zero attached hydrogens (tertiary/aromatic N) is 2. The molecule has 0 saturated carbocycles. The minimum absolute atomic E-state index is 0.884. The zero-order valence-electron chi connectivity index (χ0n) is 12.1. The Kier molecular flexibility index (Phi) is 11.1. The molecule has 16 heavy (non-hydrogen) atoms. The minimum atomic E-state index is -0.884. The van der Waals surface area contributed by atoms with Crippen LogP contribution in [0.1, 0.15) is 26.2 Å². The van der Waals surface area contributed by atoms with E-state index in [9.17, 15) is 0 Å². The van der Waals surface area contributed by atoms with E-state index in [1.165, 1.54) is 32.4 Å². The molecule has 0 aromatic carbocycles. The van der Waals surface area contributed by atoms with Crippen LogP contribution in [0.15, 0.2) is 0 Å². The third kappa shape index (κ3) is 11.1. The average molecular weight is 285 g/mol. The Balaban J connectivity index is 3.61. The zero-order chi connectivity index (χ0) is 12.4. The third-order valence-corrected chi connectivity index (χ3v) is 11.2. The van der Waals surface area contributed by atoms with Gasteiger partial charge in [0.1, 0.15) is 0 Å². The molecule has 0 unspecified atom stereocenters. The molecule has 0 aliphatic carbocycles. The van der Waals surface area contributed by atoms with E-state index in [4.69, 9.17) is 0 Å². The van der Waals surface area contributed by atoms with Crippen molar-refractivity contribution < 1.29 is 0 Å². The Labute approximate surface area is 108 Å². The van der Waals surface area contributed by atoms with Gasteiger partial charge in [-0.2, -0.15) is 0 Å². The summed E-state index contributed by atoms with van der Waals surface area (Å²) >= 11 is -0.884. The molecule has 0 aliphatic rings.